The number of thiophene rings is 1. The summed E-state index contributed by atoms with van der Waals surface area (Å²) in [5, 5.41) is 11.2. The minimum atomic E-state index is -4.78. The number of alkyl halides is 3. The quantitative estimate of drug-likeness (QED) is 0.230. The van der Waals surface area contributed by atoms with Gasteiger partial charge in [0.1, 0.15) is 0 Å². The molecule has 1 aliphatic heterocycles. The number of amides is 1. The highest BCUT2D eigenvalue weighted by Gasteiger charge is 2.46. The van der Waals surface area contributed by atoms with Gasteiger partial charge in [0.15, 0.2) is 5.76 Å². The van der Waals surface area contributed by atoms with Crippen LogP contribution in [-0.2, 0) is 11.0 Å². The highest BCUT2D eigenvalue weighted by molar-refractivity contribution is 7.21. The van der Waals surface area contributed by atoms with E-state index in [0.717, 1.165) is 38.5 Å². The lowest BCUT2D eigenvalue weighted by Crippen LogP contribution is -2.31. The molecule has 6 nitrogen and oxygen atoms in total. The van der Waals surface area contributed by atoms with E-state index in [9.17, 15) is 27.9 Å². The second-order valence-electron chi connectivity index (χ2n) is 8.66. The second-order valence-corrected chi connectivity index (χ2v) is 10.1. The number of imidazole rings is 1. The summed E-state index contributed by atoms with van der Waals surface area (Å²) in [6, 6.07) is 15.5. The molecule has 2 aromatic heterocycles. The predicted octanol–water partition coefficient (Wildman–Crippen LogP) is 7.23. The number of Topliss-reactive ketones (excluding diaryl/α,β-unsaturated/α-hetero) is 1. The van der Waals surface area contributed by atoms with E-state index >= 15 is 0 Å². The zero-order valence-corrected chi connectivity index (χ0v) is 20.7. The summed E-state index contributed by atoms with van der Waals surface area (Å²) in [6.07, 6.45) is -3.32. The van der Waals surface area contributed by atoms with E-state index in [1.54, 1.807) is 24.3 Å². The first-order valence-corrected chi connectivity index (χ1v) is 12.4. The van der Waals surface area contributed by atoms with E-state index in [2.05, 4.69) is 9.97 Å². The van der Waals surface area contributed by atoms with Gasteiger partial charge < -0.3 is 10.1 Å². The first-order valence-electron chi connectivity index (χ1n) is 11.2. The van der Waals surface area contributed by atoms with Crippen LogP contribution in [0.25, 0.3) is 21.1 Å². The molecule has 0 fully saturated rings. The summed E-state index contributed by atoms with van der Waals surface area (Å²) in [5.41, 5.74) is -0.0550. The Bertz CT molecular complexity index is 1770. The largest absolute Gasteiger partial charge is 0.503 e. The molecule has 0 saturated carbocycles. The fraction of sp³-hybridized carbons (Fsp3) is 0.0741. The van der Waals surface area contributed by atoms with Crippen molar-refractivity contribution in [2.45, 2.75) is 12.2 Å². The van der Waals surface area contributed by atoms with Gasteiger partial charge in [-0.1, -0.05) is 35.9 Å². The number of halogens is 4. The average molecular weight is 554 g/mol. The number of hydrogen-bond donors (Lipinski definition) is 2. The lowest BCUT2D eigenvalue weighted by Gasteiger charge is -2.27. The molecule has 11 heteroatoms. The van der Waals surface area contributed by atoms with Crippen molar-refractivity contribution in [3.63, 3.8) is 0 Å². The van der Waals surface area contributed by atoms with Crippen LogP contribution in [0.4, 0.5) is 18.9 Å². The maximum absolute atomic E-state index is 13.8. The molecule has 190 valence electrons. The number of nitrogens with one attached hydrogen (secondary N) is 1. The number of benzene rings is 3. The van der Waals surface area contributed by atoms with Gasteiger partial charge in [-0.2, -0.15) is 13.2 Å². The fourth-order valence-electron chi connectivity index (χ4n) is 4.65. The number of ketones is 1. The molecule has 0 radical (unpaired) electrons. The van der Waals surface area contributed by atoms with Crippen molar-refractivity contribution in [3.05, 3.63) is 105 Å². The maximum atomic E-state index is 13.8. The molecule has 1 amide bonds. The number of nitrogens with zero attached hydrogens (tertiary/aromatic N) is 2. The molecule has 1 unspecified atom stereocenters. The van der Waals surface area contributed by atoms with Crippen LogP contribution in [0.3, 0.4) is 0 Å². The van der Waals surface area contributed by atoms with Crippen LogP contribution in [0.1, 0.15) is 26.8 Å². The second kappa shape index (κ2) is 8.71. The molecule has 2 N–H and O–H groups in total. The molecular weight excluding hydrogens is 539 g/mol. The number of H-pyrrole nitrogens is 1. The maximum Gasteiger partial charge on any atom is 0.417 e. The number of aromatic nitrogens is 2. The van der Waals surface area contributed by atoms with E-state index in [4.69, 9.17) is 11.6 Å². The first-order chi connectivity index (χ1) is 18.1. The molecule has 0 spiro atoms. The summed E-state index contributed by atoms with van der Waals surface area (Å²) >= 11 is 7.02. The van der Waals surface area contributed by atoms with Crippen molar-refractivity contribution in [3.8, 4) is 0 Å². The van der Waals surface area contributed by atoms with Crippen LogP contribution in [0.2, 0.25) is 5.02 Å². The fourth-order valence-corrected chi connectivity index (χ4v) is 5.89. The Balaban J connectivity index is 1.55. The van der Waals surface area contributed by atoms with E-state index in [1.807, 2.05) is 24.3 Å². The molecule has 3 aromatic carbocycles. The van der Waals surface area contributed by atoms with Gasteiger partial charge in [0, 0.05) is 10.4 Å². The first kappa shape index (κ1) is 24.2. The molecule has 5 aromatic rings. The Morgan fingerprint density at radius 3 is 2.63 bits per heavy atom. The number of carbonyl (C=O) groups is 2. The number of anilines is 1. The van der Waals surface area contributed by atoms with Crippen LogP contribution in [0.15, 0.2) is 84.4 Å². The van der Waals surface area contributed by atoms with Gasteiger partial charge in [-0.15, -0.1) is 11.3 Å². The molecule has 0 aliphatic carbocycles. The average Bonchev–Trinajstić information content (AvgIpc) is 3.59. The van der Waals surface area contributed by atoms with Crippen LogP contribution >= 0.6 is 22.9 Å². The molecule has 1 atom stereocenters. The van der Waals surface area contributed by atoms with Crippen molar-refractivity contribution in [1.82, 2.24) is 9.97 Å². The lowest BCUT2D eigenvalue weighted by molar-refractivity contribution is -0.137. The van der Waals surface area contributed by atoms with Crippen LogP contribution in [-0.4, -0.2) is 26.8 Å². The Kier molecular flexibility index (Phi) is 5.55. The molecule has 38 heavy (non-hydrogen) atoms. The number of aromatic amines is 1. The van der Waals surface area contributed by atoms with Crippen LogP contribution < -0.4 is 4.90 Å². The van der Waals surface area contributed by atoms with Crippen LogP contribution in [0, 0.1) is 0 Å². The zero-order chi connectivity index (χ0) is 26.8. The third-order valence-electron chi connectivity index (χ3n) is 6.40. The number of hydrogen-bond acceptors (Lipinski definition) is 5. The smallest absolute Gasteiger partial charge is 0.417 e. The molecule has 3 heterocycles. The van der Waals surface area contributed by atoms with E-state index in [1.165, 1.54) is 12.4 Å². The Morgan fingerprint density at radius 1 is 1.08 bits per heavy atom. The minimum Gasteiger partial charge on any atom is -0.503 e. The third-order valence-corrected chi connectivity index (χ3v) is 7.84. The number of aliphatic hydroxyl groups is 1. The predicted molar refractivity (Wildman–Crippen MR) is 139 cm³/mol. The summed E-state index contributed by atoms with van der Waals surface area (Å²) in [7, 11) is 0. The lowest BCUT2D eigenvalue weighted by atomic mass is 9.93. The van der Waals surface area contributed by atoms with Crippen molar-refractivity contribution in [2.75, 3.05) is 4.90 Å². The summed E-state index contributed by atoms with van der Waals surface area (Å²) in [6.45, 7) is 0. The molecular formula is C27H15ClF3N3O3S. The standard InChI is InChI=1S/C27H15ClF3N3O3S/c28-17-7-5-14(9-16(17)27(29,30)31)23-22(24(35)21-10-13-3-1-2-4-20(13)38-21)25(36)26(37)34(23)15-6-8-18-19(11-15)33-12-32-18/h1-12,23,36H,(H,32,33). The van der Waals surface area contributed by atoms with Gasteiger partial charge in [-0.05, 0) is 53.4 Å². The van der Waals surface area contributed by atoms with Crippen molar-refractivity contribution >= 4 is 61.4 Å². The Hall–Kier alpha value is -4.15. The van der Waals surface area contributed by atoms with E-state index < -0.39 is 40.3 Å². The van der Waals surface area contributed by atoms with Gasteiger partial charge in [-0.3, -0.25) is 14.5 Å². The van der Waals surface area contributed by atoms with Gasteiger partial charge >= 0.3 is 6.18 Å². The van der Waals surface area contributed by atoms with E-state index in [0.29, 0.717) is 11.0 Å². The summed E-state index contributed by atoms with van der Waals surface area (Å²) in [5.74, 6) is -2.40. The number of aliphatic hydroxyl groups excluding tert-OH is 1. The molecule has 0 saturated heterocycles. The molecule has 0 bridgehead atoms. The summed E-state index contributed by atoms with van der Waals surface area (Å²) < 4.78 is 42.1. The van der Waals surface area contributed by atoms with Crippen LogP contribution in [0.5, 0.6) is 0 Å². The van der Waals surface area contributed by atoms with E-state index in [-0.39, 0.29) is 21.7 Å². The SMILES string of the molecule is O=C(C1=C(O)C(=O)N(c2ccc3nc[nH]c3c2)C1c1ccc(Cl)c(C(F)(F)F)c1)c1cc2ccccc2s1. The zero-order valence-electron chi connectivity index (χ0n) is 19.1. The Labute approximate surface area is 221 Å². The summed E-state index contributed by atoms with van der Waals surface area (Å²) in [4.78, 5) is 35.6. The number of carbonyl (C=O) groups excluding carboxylic acids is 2. The van der Waals surface area contributed by atoms with Gasteiger partial charge in [0.2, 0.25) is 5.78 Å². The molecule has 1 aliphatic rings. The molecule has 6 rings (SSSR count). The van der Waals surface area contributed by atoms with Gasteiger partial charge in [0.05, 0.1) is 44.4 Å². The number of rotatable bonds is 4. The van der Waals surface area contributed by atoms with Crippen molar-refractivity contribution in [1.29, 1.82) is 0 Å². The van der Waals surface area contributed by atoms with Crippen molar-refractivity contribution in [2.24, 2.45) is 0 Å². The van der Waals surface area contributed by atoms with Gasteiger partial charge in [0.25, 0.3) is 5.91 Å². The Morgan fingerprint density at radius 2 is 1.87 bits per heavy atom. The third kappa shape index (κ3) is 3.84. The topological polar surface area (TPSA) is 86.3 Å². The minimum absolute atomic E-state index is 0.0340. The number of fused-ring (bicyclic) bond motifs is 2. The van der Waals surface area contributed by atoms with Crippen molar-refractivity contribution < 1.29 is 27.9 Å². The normalized spacial score (nSPS) is 16.3. The highest BCUT2D eigenvalue weighted by Crippen LogP contribution is 2.45. The monoisotopic (exact) mass is 553 g/mol. The highest BCUT2D eigenvalue weighted by atomic mass is 35.5. The van der Waals surface area contributed by atoms with Gasteiger partial charge in [-0.25, -0.2) is 4.98 Å².